The lowest BCUT2D eigenvalue weighted by Gasteiger charge is -2.32. The van der Waals surface area contributed by atoms with Gasteiger partial charge in [-0.1, -0.05) is 24.3 Å². The summed E-state index contributed by atoms with van der Waals surface area (Å²) in [6, 6.07) is 12.7. The maximum atomic E-state index is 14.0. The van der Waals surface area contributed by atoms with E-state index in [0.717, 1.165) is 36.6 Å². The minimum Gasteiger partial charge on any atom is -0.369 e. The molecule has 7 heteroatoms. The SMILES string of the molecule is CN(C)c1ncc(CN2CCO[C@H](c3cccc(Cc4ccccc4F)n3)C2)cn1. The van der Waals surface area contributed by atoms with Gasteiger partial charge in [-0.15, -0.1) is 0 Å². The second-order valence-electron chi connectivity index (χ2n) is 7.70. The number of morpholine rings is 1. The van der Waals surface area contributed by atoms with Gasteiger partial charge in [0.25, 0.3) is 0 Å². The highest BCUT2D eigenvalue weighted by Crippen LogP contribution is 2.23. The van der Waals surface area contributed by atoms with Gasteiger partial charge in [0.2, 0.25) is 5.95 Å². The van der Waals surface area contributed by atoms with E-state index >= 15 is 0 Å². The van der Waals surface area contributed by atoms with Crippen molar-refractivity contribution in [3.63, 3.8) is 0 Å². The van der Waals surface area contributed by atoms with Crippen molar-refractivity contribution < 1.29 is 9.13 Å². The van der Waals surface area contributed by atoms with E-state index in [9.17, 15) is 4.39 Å². The summed E-state index contributed by atoms with van der Waals surface area (Å²) < 4.78 is 20.0. The molecule has 0 spiro atoms. The van der Waals surface area contributed by atoms with Gasteiger partial charge in [0.15, 0.2) is 0 Å². The summed E-state index contributed by atoms with van der Waals surface area (Å²) in [5, 5.41) is 0. The summed E-state index contributed by atoms with van der Waals surface area (Å²) in [6.45, 7) is 3.00. The van der Waals surface area contributed by atoms with Crippen molar-refractivity contribution in [3.8, 4) is 0 Å². The van der Waals surface area contributed by atoms with E-state index < -0.39 is 0 Å². The van der Waals surface area contributed by atoms with Gasteiger partial charge in [0.05, 0.1) is 12.3 Å². The van der Waals surface area contributed by atoms with Crippen LogP contribution in [0.2, 0.25) is 0 Å². The van der Waals surface area contributed by atoms with Crippen molar-refractivity contribution in [2.24, 2.45) is 0 Å². The molecule has 0 bridgehead atoms. The van der Waals surface area contributed by atoms with Crippen LogP contribution in [-0.4, -0.2) is 53.6 Å². The number of hydrogen-bond acceptors (Lipinski definition) is 6. The Morgan fingerprint density at radius 1 is 1.10 bits per heavy atom. The third-order valence-electron chi connectivity index (χ3n) is 5.14. The molecule has 3 aromatic rings. The van der Waals surface area contributed by atoms with Crippen molar-refractivity contribution in [2.75, 3.05) is 38.7 Å². The molecule has 1 atom stereocenters. The van der Waals surface area contributed by atoms with Gasteiger partial charge in [0.1, 0.15) is 11.9 Å². The number of ether oxygens (including phenoxy) is 1. The van der Waals surface area contributed by atoms with Crippen LogP contribution in [0.5, 0.6) is 0 Å². The fraction of sp³-hybridized carbons (Fsp3) is 0.348. The Morgan fingerprint density at radius 3 is 2.67 bits per heavy atom. The Hall–Kier alpha value is -2.90. The highest BCUT2D eigenvalue weighted by molar-refractivity contribution is 5.27. The zero-order valence-electron chi connectivity index (χ0n) is 17.3. The summed E-state index contributed by atoms with van der Waals surface area (Å²) in [4.78, 5) is 17.8. The summed E-state index contributed by atoms with van der Waals surface area (Å²) in [6.07, 6.45) is 4.11. The lowest BCUT2D eigenvalue weighted by Crippen LogP contribution is -2.38. The monoisotopic (exact) mass is 407 g/mol. The number of benzene rings is 1. The molecule has 156 valence electrons. The van der Waals surface area contributed by atoms with Gasteiger partial charge in [0, 0.05) is 63.8 Å². The minimum atomic E-state index is -0.202. The predicted molar refractivity (Wildman–Crippen MR) is 114 cm³/mol. The molecule has 1 aliphatic rings. The molecule has 0 unspecified atom stereocenters. The second kappa shape index (κ2) is 9.28. The number of nitrogens with zero attached hydrogens (tertiary/aromatic N) is 5. The number of rotatable bonds is 6. The number of pyridine rings is 1. The Morgan fingerprint density at radius 2 is 1.90 bits per heavy atom. The van der Waals surface area contributed by atoms with Crippen LogP contribution in [0.3, 0.4) is 0 Å². The van der Waals surface area contributed by atoms with E-state index in [2.05, 4.69) is 14.9 Å². The summed E-state index contributed by atoms with van der Waals surface area (Å²) in [5.41, 5.74) is 3.44. The highest BCUT2D eigenvalue weighted by Gasteiger charge is 2.23. The number of halogens is 1. The van der Waals surface area contributed by atoms with E-state index in [1.807, 2.05) is 55.7 Å². The lowest BCUT2D eigenvalue weighted by molar-refractivity contribution is -0.0351. The molecule has 0 amide bonds. The molecular formula is C23H26FN5O. The molecule has 1 fully saturated rings. The zero-order chi connectivity index (χ0) is 20.9. The molecule has 3 heterocycles. The van der Waals surface area contributed by atoms with E-state index in [1.165, 1.54) is 6.07 Å². The normalized spacial score (nSPS) is 17.1. The van der Waals surface area contributed by atoms with Crippen LogP contribution in [0.25, 0.3) is 0 Å². The molecule has 1 aromatic carbocycles. The van der Waals surface area contributed by atoms with Crippen molar-refractivity contribution in [1.82, 2.24) is 19.9 Å². The van der Waals surface area contributed by atoms with Crippen LogP contribution >= 0.6 is 0 Å². The van der Waals surface area contributed by atoms with E-state index in [1.54, 1.807) is 12.1 Å². The summed E-state index contributed by atoms with van der Waals surface area (Å²) >= 11 is 0. The summed E-state index contributed by atoms with van der Waals surface area (Å²) in [5.74, 6) is 0.502. The topological polar surface area (TPSA) is 54.4 Å². The Kier molecular flexibility index (Phi) is 6.30. The summed E-state index contributed by atoms with van der Waals surface area (Å²) in [7, 11) is 3.85. The van der Waals surface area contributed by atoms with E-state index in [0.29, 0.717) is 24.5 Å². The van der Waals surface area contributed by atoms with Crippen LogP contribution in [-0.2, 0) is 17.7 Å². The molecule has 30 heavy (non-hydrogen) atoms. The Balaban J connectivity index is 1.42. The van der Waals surface area contributed by atoms with Crippen LogP contribution in [0.15, 0.2) is 54.9 Å². The van der Waals surface area contributed by atoms with Crippen molar-refractivity contribution >= 4 is 5.95 Å². The molecule has 0 aliphatic carbocycles. The highest BCUT2D eigenvalue weighted by atomic mass is 19.1. The third-order valence-corrected chi connectivity index (χ3v) is 5.14. The molecule has 2 aromatic heterocycles. The zero-order valence-corrected chi connectivity index (χ0v) is 17.3. The van der Waals surface area contributed by atoms with Crippen LogP contribution in [0.4, 0.5) is 10.3 Å². The molecule has 1 saturated heterocycles. The largest absolute Gasteiger partial charge is 0.369 e. The Labute approximate surface area is 176 Å². The fourth-order valence-electron chi connectivity index (χ4n) is 3.56. The van der Waals surface area contributed by atoms with Gasteiger partial charge in [-0.2, -0.15) is 0 Å². The molecular weight excluding hydrogens is 381 g/mol. The standard InChI is InChI=1S/C23H26FN5O/c1-28(2)23-25-13-17(14-26-23)15-29-10-11-30-22(16-29)21-9-5-7-19(27-21)12-18-6-3-4-8-20(18)24/h3-9,13-14,22H,10-12,15-16H2,1-2H3/t22-/m0/s1. The van der Waals surface area contributed by atoms with Crippen molar-refractivity contribution in [1.29, 1.82) is 0 Å². The maximum Gasteiger partial charge on any atom is 0.224 e. The number of hydrogen-bond donors (Lipinski definition) is 0. The number of aromatic nitrogens is 3. The van der Waals surface area contributed by atoms with E-state index in [4.69, 9.17) is 9.72 Å². The molecule has 1 aliphatic heterocycles. The molecule has 0 radical (unpaired) electrons. The average molecular weight is 407 g/mol. The minimum absolute atomic E-state index is 0.110. The van der Waals surface area contributed by atoms with Crippen LogP contribution < -0.4 is 4.90 Å². The van der Waals surface area contributed by atoms with Crippen LogP contribution in [0.1, 0.15) is 28.6 Å². The van der Waals surface area contributed by atoms with E-state index in [-0.39, 0.29) is 11.9 Å². The first-order valence-electron chi connectivity index (χ1n) is 10.1. The molecule has 6 nitrogen and oxygen atoms in total. The smallest absolute Gasteiger partial charge is 0.224 e. The van der Waals surface area contributed by atoms with Gasteiger partial charge in [-0.25, -0.2) is 14.4 Å². The molecule has 4 rings (SSSR count). The number of anilines is 1. The first-order valence-corrected chi connectivity index (χ1v) is 10.1. The first kappa shape index (κ1) is 20.4. The average Bonchev–Trinajstić information content (AvgIpc) is 2.76. The molecule has 0 N–H and O–H groups in total. The van der Waals surface area contributed by atoms with Gasteiger partial charge in [-0.3, -0.25) is 9.88 Å². The fourth-order valence-corrected chi connectivity index (χ4v) is 3.56. The predicted octanol–water partition coefficient (Wildman–Crippen LogP) is 3.24. The van der Waals surface area contributed by atoms with Crippen molar-refractivity contribution in [3.05, 3.63) is 83.2 Å². The lowest BCUT2D eigenvalue weighted by atomic mass is 10.1. The van der Waals surface area contributed by atoms with Gasteiger partial charge >= 0.3 is 0 Å². The van der Waals surface area contributed by atoms with Crippen LogP contribution in [0, 0.1) is 5.82 Å². The first-order chi connectivity index (χ1) is 14.6. The van der Waals surface area contributed by atoms with Gasteiger partial charge in [-0.05, 0) is 23.8 Å². The van der Waals surface area contributed by atoms with Crippen molar-refractivity contribution in [2.45, 2.75) is 19.1 Å². The second-order valence-corrected chi connectivity index (χ2v) is 7.70. The molecule has 0 saturated carbocycles. The maximum absolute atomic E-state index is 14.0. The third kappa shape index (κ3) is 4.98. The Bertz CT molecular complexity index is 979. The van der Waals surface area contributed by atoms with Gasteiger partial charge < -0.3 is 9.64 Å². The quantitative estimate of drug-likeness (QED) is 0.625.